The number of alkyl halides is 6. The summed E-state index contributed by atoms with van der Waals surface area (Å²) in [5.41, 5.74) is 1.25. The number of halogens is 6. The van der Waals surface area contributed by atoms with Crippen molar-refractivity contribution in [3.05, 3.63) is 108 Å². The lowest BCUT2D eigenvalue weighted by Gasteiger charge is -2.45. The molecule has 3 amide bonds. The molecule has 0 aliphatic carbocycles. The molecule has 0 saturated carbocycles. The van der Waals surface area contributed by atoms with E-state index in [-0.39, 0.29) is 26.4 Å². The van der Waals surface area contributed by atoms with Gasteiger partial charge in [0, 0.05) is 0 Å². The van der Waals surface area contributed by atoms with E-state index in [4.69, 9.17) is 112 Å². The second-order valence-electron chi connectivity index (χ2n) is 15.3. The number of carbonyl (C=O) groups excluding carboxylic acids is 5. The Kier molecular flexibility index (Phi) is 21.9. The van der Waals surface area contributed by atoms with Crippen molar-refractivity contribution in [2.45, 2.75) is 90.5 Å². The van der Waals surface area contributed by atoms with Gasteiger partial charge in [0.2, 0.25) is 13.5 Å². The molecule has 17 nitrogen and oxygen atoms in total. The Hall–Kier alpha value is -4.01. The molecule has 3 aromatic carbocycles. The Morgan fingerprint density at radius 2 is 1.21 bits per heavy atom. The predicted octanol–water partition coefficient (Wildman–Crippen LogP) is 7.64. The van der Waals surface area contributed by atoms with Crippen molar-refractivity contribution >= 4 is 99.8 Å². The fourth-order valence-corrected chi connectivity index (χ4v) is 6.15. The van der Waals surface area contributed by atoms with Crippen LogP contribution in [0.15, 0.2) is 91.0 Å². The number of alkyl carbamates (subject to hydrolysis) is 2. The van der Waals surface area contributed by atoms with Crippen LogP contribution in [0.1, 0.15) is 37.5 Å². The predicted molar refractivity (Wildman–Crippen MR) is 243 cm³/mol. The van der Waals surface area contributed by atoms with Gasteiger partial charge in [0.25, 0.3) is 0 Å². The molecule has 66 heavy (non-hydrogen) atoms. The molecule has 0 spiro atoms. The van der Waals surface area contributed by atoms with Gasteiger partial charge in [0.05, 0.1) is 26.4 Å². The SMILES string of the molecule is CC(C)(C)OC(=O)NCC(=O)N[C@@H](CO[C@@H]1O[C@H](COCc2ccccc2)[C@@H](OCc2ccccc2)[C@H](OC(=O)OCC(Cl)(Cl)Cl)[C@H]1NC(=O)OCC(Cl)(Cl)Cl)C(=O)OCc1ccccc1. The highest BCUT2D eigenvalue weighted by Gasteiger charge is 2.51. The van der Waals surface area contributed by atoms with E-state index in [1.165, 1.54) is 0 Å². The fourth-order valence-electron chi connectivity index (χ4n) is 5.82. The Labute approximate surface area is 411 Å². The smallest absolute Gasteiger partial charge is 0.459 e. The summed E-state index contributed by atoms with van der Waals surface area (Å²) in [5, 5.41) is 7.30. The molecule has 1 heterocycles. The van der Waals surface area contributed by atoms with E-state index in [0.29, 0.717) is 11.1 Å². The topological polar surface area (TPSA) is 205 Å². The van der Waals surface area contributed by atoms with E-state index < -0.39 is 106 Å². The number of hydrogen-bond acceptors (Lipinski definition) is 14. The van der Waals surface area contributed by atoms with Crippen molar-refractivity contribution < 1.29 is 66.6 Å². The van der Waals surface area contributed by atoms with Crippen molar-refractivity contribution in [1.29, 1.82) is 0 Å². The van der Waals surface area contributed by atoms with Gasteiger partial charge in [0.15, 0.2) is 18.4 Å². The molecule has 362 valence electrons. The lowest BCUT2D eigenvalue weighted by atomic mass is 9.96. The number of esters is 1. The van der Waals surface area contributed by atoms with Crippen LogP contribution >= 0.6 is 69.6 Å². The fraction of sp³-hybridized carbons (Fsp3) is 0.465. The zero-order valence-corrected chi connectivity index (χ0v) is 40.3. The number of rotatable bonds is 20. The number of carbonyl (C=O) groups is 5. The first-order valence-electron chi connectivity index (χ1n) is 20.1. The average Bonchev–Trinajstić information content (AvgIpc) is 3.25. The molecule has 3 aromatic rings. The molecule has 1 aliphatic rings. The zero-order chi connectivity index (χ0) is 48.3. The highest BCUT2D eigenvalue weighted by Crippen LogP contribution is 2.31. The summed E-state index contributed by atoms with van der Waals surface area (Å²) in [6, 6.07) is 23.5. The summed E-state index contributed by atoms with van der Waals surface area (Å²) >= 11 is 35.1. The van der Waals surface area contributed by atoms with Crippen LogP contribution in [-0.2, 0) is 72.0 Å². The Bertz CT molecular complexity index is 1990. The van der Waals surface area contributed by atoms with Gasteiger partial charge < -0.3 is 58.6 Å². The molecule has 0 unspecified atom stereocenters. The second-order valence-corrected chi connectivity index (χ2v) is 20.3. The average molecular weight is 1040 g/mol. The number of hydrogen-bond donors (Lipinski definition) is 3. The standard InChI is InChI=1S/C43H49Cl6N3O14/c1-41(2,3)66-38(55)50-19-32(53)51-30(36(54)60-22-29-17-11-6-12-18-29)23-61-37-33(52-39(56)62-25-42(44,45)46)35(65-40(57)63-26-43(47,48)49)34(59-21-28-15-9-5-10-16-28)31(64-37)24-58-20-27-13-7-4-8-14-27/h4-18,30-31,33-35,37H,19-26H2,1-3H3,(H,50,55)(H,51,53)(H,52,56)/t30-,31+,33+,34+,35+,37+/m0/s1. The number of amides is 3. The first-order valence-corrected chi connectivity index (χ1v) is 22.3. The molecule has 0 radical (unpaired) electrons. The van der Waals surface area contributed by atoms with Crippen LogP contribution in [-0.4, -0.2) is 113 Å². The van der Waals surface area contributed by atoms with Gasteiger partial charge in [-0.25, -0.2) is 19.2 Å². The van der Waals surface area contributed by atoms with Crippen molar-refractivity contribution in [2.24, 2.45) is 0 Å². The van der Waals surface area contributed by atoms with Crippen LogP contribution in [0.3, 0.4) is 0 Å². The van der Waals surface area contributed by atoms with Gasteiger partial charge >= 0.3 is 24.3 Å². The van der Waals surface area contributed by atoms with Gasteiger partial charge in [-0.15, -0.1) is 0 Å². The van der Waals surface area contributed by atoms with E-state index in [0.717, 1.165) is 5.56 Å². The largest absolute Gasteiger partial charge is 0.508 e. The normalized spacial score (nSPS) is 19.1. The summed E-state index contributed by atoms with van der Waals surface area (Å²) in [6.45, 7) is 1.67. The minimum atomic E-state index is -2.05. The van der Waals surface area contributed by atoms with Gasteiger partial charge in [-0.3, -0.25) is 4.79 Å². The maximum absolute atomic E-state index is 13.7. The molecule has 4 rings (SSSR count). The quantitative estimate of drug-likeness (QED) is 0.0566. The maximum Gasteiger partial charge on any atom is 0.508 e. The molecule has 1 aliphatic heterocycles. The molecule has 3 N–H and O–H groups in total. The van der Waals surface area contributed by atoms with Gasteiger partial charge in [-0.05, 0) is 37.5 Å². The lowest BCUT2D eigenvalue weighted by Crippen LogP contribution is -2.67. The Balaban J connectivity index is 1.71. The van der Waals surface area contributed by atoms with Crippen LogP contribution in [0.25, 0.3) is 0 Å². The summed E-state index contributed by atoms with van der Waals surface area (Å²) in [6.07, 6.45) is -9.28. The minimum absolute atomic E-state index is 0.0816. The molecule has 0 bridgehead atoms. The third kappa shape index (κ3) is 21.3. The van der Waals surface area contributed by atoms with E-state index in [2.05, 4.69) is 16.0 Å². The van der Waals surface area contributed by atoms with Crippen molar-refractivity contribution in [3.63, 3.8) is 0 Å². The van der Waals surface area contributed by atoms with E-state index in [9.17, 15) is 24.0 Å². The molecular formula is C43H49Cl6N3O14. The molecular weight excluding hydrogens is 995 g/mol. The Morgan fingerprint density at radius 3 is 1.77 bits per heavy atom. The summed E-state index contributed by atoms with van der Waals surface area (Å²) in [4.78, 5) is 66.1. The number of benzene rings is 3. The molecule has 23 heteroatoms. The monoisotopic (exact) mass is 1040 g/mol. The molecule has 6 atom stereocenters. The van der Waals surface area contributed by atoms with E-state index in [1.807, 2.05) is 30.3 Å². The first-order chi connectivity index (χ1) is 31.1. The van der Waals surface area contributed by atoms with Crippen LogP contribution in [0.2, 0.25) is 0 Å². The third-order valence-electron chi connectivity index (χ3n) is 8.63. The van der Waals surface area contributed by atoms with Gasteiger partial charge in [-0.2, -0.15) is 0 Å². The summed E-state index contributed by atoms with van der Waals surface area (Å²) in [7, 11) is 0. The molecule has 1 fully saturated rings. The van der Waals surface area contributed by atoms with Crippen molar-refractivity contribution in [1.82, 2.24) is 16.0 Å². The van der Waals surface area contributed by atoms with Crippen LogP contribution in [0.4, 0.5) is 14.4 Å². The van der Waals surface area contributed by atoms with Crippen molar-refractivity contribution in [3.8, 4) is 0 Å². The van der Waals surface area contributed by atoms with Gasteiger partial charge in [-0.1, -0.05) is 161 Å². The number of ether oxygens (including phenoxy) is 9. The number of nitrogens with one attached hydrogen (secondary N) is 3. The van der Waals surface area contributed by atoms with Crippen LogP contribution in [0, 0.1) is 0 Å². The minimum Gasteiger partial charge on any atom is -0.459 e. The molecule has 1 saturated heterocycles. The van der Waals surface area contributed by atoms with E-state index in [1.54, 1.807) is 81.4 Å². The highest BCUT2D eigenvalue weighted by molar-refractivity contribution is 6.68. The highest BCUT2D eigenvalue weighted by atomic mass is 35.6. The van der Waals surface area contributed by atoms with Crippen molar-refractivity contribution in [2.75, 3.05) is 33.0 Å². The zero-order valence-electron chi connectivity index (χ0n) is 35.8. The Morgan fingerprint density at radius 1 is 0.667 bits per heavy atom. The molecule has 0 aromatic heterocycles. The van der Waals surface area contributed by atoms with Gasteiger partial charge in [0.1, 0.15) is 50.2 Å². The second kappa shape index (κ2) is 26.5. The summed E-state index contributed by atoms with van der Waals surface area (Å²) in [5.74, 6) is -1.82. The van der Waals surface area contributed by atoms with Crippen LogP contribution < -0.4 is 16.0 Å². The maximum atomic E-state index is 13.7. The first kappa shape index (κ1) is 54.6. The van der Waals surface area contributed by atoms with Crippen LogP contribution in [0.5, 0.6) is 0 Å². The third-order valence-corrected chi connectivity index (χ3v) is 9.28. The van der Waals surface area contributed by atoms with E-state index >= 15 is 0 Å². The summed E-state index contributed by atoms with van der Waals surface area (Å²) < 4.78 is 47.8. The lowest BCUT2D eigenvalue weighted by molar-refractivity contribution is -0.284.